The first kappa shape index (κ1) is 19.2. The third-order valence-electron chi connectivity index (χ3n) is 4.63. The van der Waals surface area contributed by atoms with Crippen LogP contribution >= 0.6 is 11.3 Å². The first-order valence-electron chi connectivity index (χ1n) is 9.64. The van der Waals surface area contributed by atoms with E-state index in [1.165, 1.54) is 10.3 Å². The SMILES string of the molecule is CCc1ccc(OCC(=O)Nc2ccc(Cc3nc4ccccc4s3)cc2)cc1. The molecular formula is C24H22N2O2S. The van der Waals surface area contributed by atoms with E-state index in [0.29, 0.717) is 5.75 Å². The summed E-state index contributed by atoms with van der Waals surface area (Å²) in [6, 6.07) is 23.8. The summed E-state index contributed by atoms with van der Waals surface area (Å²) in [6.45, 7) is 2.09. The van der Waals surface area contributed by atoms with Crippen molar-refractivity contribution in [2.45, 2.75) is 19.8 Å². The quantitative estimate of drug-likeness (QED) is 0.446. The Morgan fingerprint density at radius 3 is 2.41 bits per heavy atom. The van der Waals surface area contributed by atoms with Crippen molar-refractivity contribution in [1.29, 1.82) is 0 Å². The number of aryl methyl sites for hydroxylation is 1. The molecular weight excluding hydrogens is 380 g/mol. The monoisotopic (exact) mass is 402 g/mol. The second-order valence-corrected chi connectivity index (χ2v) is 7.90. The van der Waals surface area contributed by atoms with E-state index in [1.807, 2.05) is 66.7 Å². The van der Waals surface area contributed by atoms with Gasteiger partial charge in [-0.1, -0.05) is 43.3 Å². The van der Waals surface area contributed by atoms with Crippen LogP contribution in [-0.2, 0) is 17.6 Å². The average molecular weight is 403 g/mol. The van der Waals surface area contributed by atoms with Crippen LogP contribution in [0.1, 0.15) is 23.1 Å². The Labute approximate surface area is 174 Å². The summed E-state index contributed by atoms with van der Waals surface area (Å²) in [6.07, 6.45) is 1.76. The van der Waals surface area contributed by atoms with E-state index in [1.54, 1.807) is 11.3 Å². The Bertz CT molecular complexity index is 1070. The topological polar surface area (TPSA) is 51.2 Å². The zero-order chi connectivity index (χ0) is 20.1. The van der Waals surface area contributed by atoms with Gasteiger partial charge in [0, 0.05) is 12.1 Å². The number of carbonyl (C=O) groups excluding carboxylic acids is 1. The van der Waals surface area contributed by atoms with Gasteiger partial charge in [-0.15, -0.1) is 11.3 Å². The number of nitrogens with zero attached hydrogens (tertiary/aromatic N) is 1. The van der Waals surface area contributed by atoms with Gasteiger partial charge in [0.25, 0.3) is 5.91 Å². The van der Waals surface area contributed by atoms with E-state index < -0.39 is 0 Å². The number of ether oxygens (including phenoxy) is 1. The number of amides is 1. The van der Waals surface area contributed by atoms with Crippen molar-refractivity contribution in [1.82, 2.24) is 4.98 Å². The number of anilines is 1. The molecule has 0 bridgehead atoms. The molecule has 0 aliphatic heterocycles. The molecule has 146 valence electrons. The minimum absolute atomic E-state index is 0.0150. The minimum Gasteiger partial charge on any atom is -0.484 e. The molecule has 0 spiro atoms. The standard InChI is InChI=1S/C24H22N2O2S/c1-2-17-9-13-20(14-10-17)28-16-23(27)25-19-11-7-18(8-12-19)15-24-26-21-5-3-4-6-22(21)29-24/h3-14H,2,15-16H2,1H3,(H,25,27). The second kappa shape index (κ2) is 8.88. The molecule has 0 fully saturated rings. The highest BCUT2D eigenvalue weighted by atomic mass is 32.1. The number of thiazole rings is 1. The zero-order valence-corrected chi connectivity index (χ0v) is 17.0. The molecule has 0 radical (unpaired) electrons. The summed E-state index contributed by atoms with van der Waals surface area (Å²) >= 11 is 1.72. The van der Waals surface area contributed by atoms with E-state index >= 15 is 0 Å². The van der Waals surface area contributed by atoms with Crippen LogP contribution in [0.25, 0.3) is 10.2 Å². The van der Waals surface area contributed by atoms with Gasteiger partial charge in [0.05, 0.1) is 15.2 Å². The first-order chi connectivity index (χ1) is 14.2. The molecule has 1 amide bonds. The molecule has 0 atom stereocenters. The number of fused-ring (bicyclic) bond motifs is 1. The van der Waals surface area contributed by atoms with Crippen LogP contribution in [0.4, 0.5) is 5.69 Å². The van der Waals surface area contributed by atoms with Crippen molar-refractivity contribution in [2.75, 3.05) is 11.9 Å². The molecule has 3 aromatic carbocycles. The van der Waals surface area contributed by atoms with Crippen molar-refractivity contribution >= 4 is 33.1 Å². The summed E-state index contributed by atoms with van der Waals surface area (Å²) in [5.41, 5.74) is 4.20. The predicted octanol–water partition coefficient (Wildman–Crippen LogP) is 5.47. The average Bonchev–Trinajstić information content (AvgIpc) is 3.16. The number of hydrogen-bond acceptors (Lipinski definition) is 4. The third-order valence-corrected chi connectivity index (χ3v) is 5.67. The lowest BCUT2D eigenvalue weighted by atomic mass is 10.1. The van der Waals surface area contributed by atoms with E-state index in [4.69, 9.17) is 4.74 Å². The van der Waals surface area contributed by atoms with Crippen LogP contribution in [0.3, 0.4) is 0 Å². The maximum atomic E-state index is 12.1. The van der Waals surface area contributed by atoms with Crippen LogP contribution < -0.4 is 10.1 Å². The largest absolute Gasteiger partial charge is 0.484 e. The fraction of sp³-hybridized carbons (Fsp3) is 0.167. The Morgan fingerprint density at radius 2 is 1.69 bits per heavy atom. The Balaban J connectivity index is 1.30. The van der Waals surface area contributed by atoms with E-state index in [-0.39, 0.29) is 12.5 Å². The van der Waals surface area contributed by atoms with Crippen molar-refractivity contribution < 1.29 is 9.53 Å². The number of carbonyl (C=O) groups is 1. The number of nitrogens with one attached hydrogen (secondary N) is 1. The molecule has 29 heavy (non-hydrogen) atoms. The normalized spacial score (nSPS) is 10.8. The second-order valence-electron chi connectivity index (χ2n) is 6.78. The molecule has 1 aromatic heterocycles. The molecule has 4 aromatic rings. The van der Waals surface area contributed by atoms with E-state index in [0.717, 1.165) is 34.6 Å². The summed E-state index contributed by atoms with van der Waals surface area (Å²) in [7, 11) is 0. The van der Waals surface area contributed by atoms with Gasteiger partial charge in [-0.25, -0.2) is 4.98 Å². The summed E-state index contributed by atoms with van der Waals surface area (Å²) in [4.78, 5) is 16.8. The summed E-state index contributed by atoms with van der Waals surface area (Å²) in [5.74, 6) is 0.520. The minimum atomic E-state index is -0.177. The summed E-state index contributed by atoms with van der Waals surface area (Å²) in [5, 5.41) is 3.96. The molecule has 0 aliphatic carbocycles. The molecule has 0 unspecified atom stereocenters. The number of benzene rings is 3. The number of aromatic nitrogens is 1. The number of hydrogen-bond donors (Lipinski definition) is 1. The molecule has 0 saturated carbocycles. The third kappa shape index (κ3) is 5.00. The highest BCUT2D eigenvalue weighted by Crippen LogP contribution is 2.24. The summed E-state index contributed by atoms with van der Waals surface area (Å²) < 4.78 is 6.76. The van der Waals surface area contributed by atoms with Crippen molar-refractivity contribution in [3.8, 4) is 5.75 Å². The van der Waals surface area contributed by atoms with Crippen molar-refractivity contribution in [3.05, 3.63) is 88.9 Å². The van der Waals surface area contributed by atoms with E-state index in [9.17, 15) is 4.79 Å². The number of para-hydroxylation sites is 1. The maximum Gasteiger partial charge on any atom is 0.262 e. The molecule has 4 rings (SSSR count). The van der Waals surface area contributed by atoms with Crippen molar-refractivity contribution in [2.24, 2.45) is 0 Å². The fourth-order valence-electron chi connectivity index (χ4n) is 3.04. The first-order valence-corrected chi connectivity index (χ1v) is 10.5. The van der Waals surface area contributed by atoms with Crippen LogP contribution in [0, 0.1) is 0 Å². The fourth-order valence-corrected chi connectivity index (χ4v) is 4.04. The van der Waals surface area contributed by atoms with E-state index in [2.05, 4.69) is 23.3 Å². The highest BCUT2D eigenvalue weighted by Gasteiger charge is 2.06. The smallest absolute Gasteiger partial charge is 0.262 e. The lowest BCUT2D eigenvalue weighted by Crippen LogP contribution is -2.20. The molecule has 4 nitrogen and oxygen atoms in total. The molecule has 0 aliphatic rings. The van der Waals surface area contributed by atoms with Gasteiger partial charge in [0.1, 0.15) is 5.75 Å². The van der Waals surface area contributed by atoms with Crippen LogP contribution in [0.15, 0.2) is 72.8 Å². The van der Waals surface area contributed by atoms with Crippen molar-refractivity contribution in [3.63, 3.8) is 0 Å². The van der Waals surface area contributed by atoms with Crippen LogP contribution in [-0.4, -0.2) is 17.5 Å². The van der Waals surface area contributed by atoms with Gasteiger partial charge in [0.15, 0.2) is 6.61 Å². The molecule has 0 saturated heterocycles. The Hall–Kier alpha value is -3.18. The molecule has 5 heteroatoms. The number of rotatable bonds is 7. The lowest BCUT2D eigenvalue weighted by molar-refractivity contribution is -0.118. The van der Waals surface area contributed by atoms with Gasteiger partial charge in [-0.05, 0) is 53.9 Å². The lowest BCUT2D eigenvalue weighted by Gasteiger charge is -2.08. The van der Waals surface area contributed by atoms with Gasteiger partial charge in [-0.2, -0.15) is 0 Å². The van der Waals surface area contributed by atoms with Gasteiger partial charge in [0.2, 0.25) is 0 Å². The Morgan fingerprint density at radius 1 is 0.966 bits per heavy atom. The van der Waals surface area contributed by atoms with Gasteiger partial charge in [-0.3, -0.25) is 4.79 Å². The van der Waals surface area contributed by atoms with Crippen LogP contribution in [0.2, 0.25) is 0 Å². The molecule has 1 N–H and O–H groups in total. The Kier molecular flexibility index (Phi) is 5.86. The highest BCUT2D eigenvalue weighted by molar-refractivity contribution is 7.18. The maximum absolute atomic E-state index is 12.1. The van der Waals surface area contributed by atoms with Gasteiger partial charge >= 0.3 is 0 Å². The predicted molar refractivity (Wildman–Crippen MR) is 119 cm³/mol. The zero-order valence-electron chi connectivity index (χ0n) is 16.2. The van der Waals surface area contributed by atoms with Gasteiger partial charge < -0.3 is 10.1 Å². The molecule has 1 heterocycles. The van der Waals surface area contributed by atoms with Crippen LogP contribution in [0.5, 0.6) is 5.75 Å².